The summed E-state index contributed by atoms with van der Waals surface area (Å²) in [6.07, 6.45) is -3.26. The van der Waals surface area contributed by atoms with Crippen LogP contribution in [0.3, 0.4) is 0 Å². The molecule has 0 bridgehead atoms. The summed E-state index contributed by atoms with van der Waals surface area (Å²) in [5, 5.41) is 9.21. The van der Waals surface area contributed by atoms with E-state index in [1.54, 1.807) is 19.9 Å². The SMILES string of the molecule is CC(C)=CC(O)CCOCC(F)(F)F. The Labute approximate surface area is 81.4 Å². The van der Waals surface area contributed by atoms with Gasteiger partial charge in [-0.25, -0.2) is 0 Å². The van der Waals surface area contributed by atoms with Crippen LogP contribution in [0.4, 0.5) is 13.2 Å². The Hall–Kier alpha value is -0.550. The lowest BCUT2D eigenvalue weighted by Gasteiger charge is -2.09. The van der Waals surface area contributed by atoms with Crippen LogP contribution in [0.5, 0.6) is 0 Å². The molecule has 0 amide bonds. The van der Waals surface area contributed by atoms with Gasteiger partial charge in [-0.15, -0.1) is 0 Å². The topological polar surface area (TPSA) is 29.5 Å². The largest absolute Gasteiger partial charge is 0.411 e. The Bertz CT molecular complexity index is 183. The maximum Gasteiger partial charge on any atom is 0.411 e. The number of alkyl halides is 3. The van der Waals surface area contributed by atoms with Gasteiger partial charge in [0.25, 0.3) is 0 Å². The number of aliphatic hydroxyl groups excluding tert-OH is 1. The molecule has 0 aliphatic rings. The van der Waals surface area contributed by atoms with Gasteiger partial charge in [-0.05, 0) is 13.8 Å². The fourth-order valence-corrected chi connectivity index (χ4v) is 0.860. The Balaban J connectivity index is 3.51. The molecule has 1 unspecified atom stereocenters. The molecule has 1 atom stereocenters. The van der Waals surface area contributed by atoms with Crippen LogP contribution in [0.1, 0.15) is 20.3 Å². The van der Waals surface area contributed by atoms with Crippen LogP contribution in [0, 0.1) is 0 Å². The minimum absolute atomic E-state index is 0.0928. The predicted molar refractivity (Wildman–Crippen MR) is 46.9 cm³/mol. The zero-order valence-electron chi connectivity index (χ0n) is 8.27. The molecule has 2 nitrogen and oxygen atoms in total. The molecule has 0 heterocycles. The minimum atomic E-state index is -4.29. The molecule has 0 aliphatic heterocycles. The molecule has 0 rings (SSSR count). The zero-order chi connectivity index (χ0) is 11.2. The average molecular weight is 212 g/mol. The first-order chi connectivity index (χ1) is 6.31. The van der Waals surface area contributed by atoms with Crippen molar-refractivity contribution in [2.75, 3.05) is 13.2 Å². The first-order valence-electron chi connectivity index (χ1n) is 4.29. The molecule has 5 heteroatoms. The van der Waals surface area contributed by atoms with Gasteiger partial charge in [0, 0.05) is 13.0 Å². The molecule has 0 saturated heterocycles. The van der Waals surface area contributed by atoms with Gasteiger partial charge in [-0.3, -0.25) is 0 Å². The normalized spacial score (nSPS) is 13.9. The third-order valence-corrected chi connectivity index (χ3v) is 1.35. The highest BCUT2D eigenvalue weighted by atomic mass is 19.4. The Morgan fingerprint density at radius 1 is 1.43 bits per heavy atom. The molecular weight excluding hydrogens is 197 g/mol. The van der Waals surface area contributed by atoms with Crippen molar-refractivity contribution in [3.8, 4) is 0 Å². The van der Waals surface area contributed by atoms with Gasteiger partial charge >= 0.3 is 6.18 Å². The Morgan fingerprint density at radius 2 is 2.00 bits per heavy atom. The van der Waals surface area contributed by atoms with E-state index < -0.39 is 18.9 Å². The fourth-order valence-electron chi connectivity index (χ4n) is 0.860. The maximum atomic E-state index is 11.6. The molecule has 0 aromatic heterocycles. The third-order valence-electron chi connectivity index (χ3n) is 1.35. The van der Waals surface area contributed by atoms with E-state index >= 15 is 0 Å². The first kappa shape index (κ1) is 13.4. The summed E-state index contributed by atoms with van der Waals surface area (Å²) in [5.74, 6) is 0. The number of hydrogen-bond donors (Lipinski definition) is 1. The monoisotopic (exact) mass is 212 g/mol. The van der Waals surface area contributed by atoms with Crippen LogP contribution >= 0.6 is 0 Å². The van der Waals surface area contributed by atoms with E-state index in [2.05, 4.69) is 4.74 Å². The van der Waals surface area contributed by atoms with Gasteiger partial charge in [0.1, 0.15) is 6.61 Å². The number of rotatable bonds is 5. The first-order valence-corrected chi connectivity index (χ1v) is 4.29. The molecule has 0 spiro atoms. The van der Waals surface area contributed by atoms with Crippen molar-refractivity contribution in [3.63, 3.8) is 0 Å². The van der Waals surface area contributed by atoms with Gasteiger partial charge in [-0.2, -0.15) is 13.2 Å². The van der Waals surface area contributed by atoms with Gasteiger partial charge in [0.15, 0.2) is 0 Å². The smallest absolute Gasteiger partial charge is 0.389 e. The van der Waals surface area contributed by atoms with Crippen LogP contribution in [0.2, 0.25) is 0 Å². The summed E-state index contributed by atoms with van der Waals surface area (Å²) in [6, 6.07) is 0. The van der Waals surface area contributed by atoms with Crippen molar-refractivity contribution in [1.29, 1.82) is 0 Å². The minimum Gasteiger partial charge on any atom is -0.389 e. The summed E-state index contributed by atoms with van der Waals surface area (Å²) >= 11 is 0. The van der Waals surface area contributed by atoms with Crippen molar-refractivity contribution in [2.45, 2.75) is 32.5 Å². The Morgan fingerprint density at radius 3 is 2.43 bits per heavy atom. The number of ether oxygens (including phenoxy) is 1. The summed E-state index contributed by atoms with van der Waals surface area (Å²) in [7, 11) is 0. The summed E-state index contributed by atoms with van der Waals surface area (Å²) in [4.78, 5) is 0. The van der Waals surface area contributed by atoms with Gasteiger partial charge in [-0.1, -0.05) is 11.6 Å². The van der Waals surface area contributed by atoms with E-state index in [1.807, 2.05) is 0 Å². The van der Waals surface area contributed by atoms with Crippen LogP contribution in [0.25, 0.3) is 0 Å². The Kier molecular flexibility index (Phi) is 5.79. The fraction of sp³-hybridized carbons (Fsp3) is 0.778. The molecule has 0 aliphatic carbocycles. The zero-order valence-corrected chi connectivity index (χ0v) is 8.27. The number of allylic oxidation sites excluding steroid dienone is 1. The lowest BCUT2D eigenvalue weighted by Crippen LogP contribution is -2.18. The lowest BCUT2D eigenvalue weighted by atomic mass is 10.2. The summed E-state index contributed by atoms with van der Waals surface area (Å²) < 4.78 is 39.1. The molecule has 84 valence electrons. The van der Waals surface area contributed by atoms with Crippen molar-refractivity contribution in [1.82, 2.24) is 0 Å². The van der Waals surface area contributed by atoms with E-state index in [-0.39, 0.29) is 13.0 Å². The molecule has 0 saturated carbocycles. The highest BCUT2D eigenvalue weighted by molar-refractivity contribution is 4.97. The van der Waals surface area contributed by atoms with Crippen LogP contribution < -0.4 is 0 Å². The quantitative estimate of drug-likeness (QED) is 0.559. The number of halogens is 3. The molecule has 0 fully saturated rings. The average Bonchev–Trinajstić information content (AvgIpc) is 1.95. The molecule has 0 aromatic rings. The second-order valence-corrected chi connectivity index (χ2v) is 3.27. The van der Waals surface area contributed by atoms with Crippen LogP contribution in [0.15, 0.2) is 11.6 Å². The summed E-state index contributed by atoms with van der Waals surface area (Å²) in [6.45, 7) is 2.26. The molecule has 0 radical (unpaired) electrons. The maximum absolute atomic E-state index is 11.6. The van der Waals surface area contributed by atoms with Crippen LogP contribution in [-0.4, -0.2) is 30.6 Å². The predicted octanol–water partition coefficient (Wildman–Crippen LogP) is 2.28. The highest BCUT2D eigenvalue weighted by Crippen LogP contribution is 2.14. The third kappa shape index (κ3) is 9.54. The second-order valence-electron chi connectivity index (χ2n) is 3.27. The molecule has 1 N–H and O–H groups in total. The van der Waals surface area contributed by atoms with E-state index in [0.717, 1.165) is 5.57 Å². The lowest BCUT2D eigenvalue weighted by molar-refractivity contribution is -0.174. The van der Waals surface area contributed by atoms with E-state index in [4.69, 9.17) is 0 Å². The number of hydrogen-bond acceptors (Lipinski definition) is 2. The van der Waals surface area contributed by atoms with Crippen LogP contribution in [-0.2, 0) is 4.74 Å². The van der Waals surface area contributed by atoms with Crippen molar-refractivity contribution >= 4 is 0 Å². The van der Waals surface area contributed by atoms with Gasteiger partial charge in [0.2, 0.25) is 0 Å². The molecule has 0 aromatic carbocycles. The van der Waals surface area contributed by atoms with Crippen molar-refractivity contribution in [2.24, 2.45) is 0 Å². The molecule has 14 heavy (non-hydrogen) atoms. The van der Waals surface area contributed by atoms with E-state index in [1.165, 1.54) is 0 Å². The number of aliphatic hydroxyl groups is 1. The van der Waals surface area contributed by atoms with E-state index in [0.29, 0.717) is 0 Å². The standard InChI is InChI=1S/C9H15F3O2/c1-7(2)5-8(13)3-4-14-6-9(10,11)12/h5,8,13H,3-4,6H2,1-2H3. The second kappa shape index (κ2) is 6.03. The van der Waals surface area contributed by atoms with E-state index in [9.17, 15) is 18.3 Å². The van der Waals surface area contributed by atoms with Gasteiger partial charge in [0.05, 0.1) is 6.10 Å². The highest BCUT2D eigenvalue weighted by Gasteiger charge is 2.27. The van der Waals surface area contributed by atoms with Crippen molar-refractivity contribution < 1.29 is 23.0 Å². The van der Waals surface area contributed by atoms with Crippen molar-refractivity contribution in [3.05, 3.63) is 11.6 Å². The van der Waals surface area contributed by atoms with Gasteiger partial charge < -0.3 is 9.84 Å². The molecular formula is C9H15F3O2. The summed E-state index contributed by atoms with van der Waals surface area (Å²) in [5.41, 5.74) is 0.924.